The number of hydrogen-bond acceptors (Lipinski definition) is 4. The molecule has 1 atom stereocenters. The number of amides is 1. The van der Waals surface area contributed by atoms with Crippen LogP contribution in [0.5, 0.6) is 11.5 Å². The van der Waals surface area contributed by atoms with Crippen molar-refractivity contribution in [1.82, 2.24) is 5.32 Å². The molecule has 3 N–H and O–H groups in total. The number of ether oxygens (including phenoxy) is 2. The molecule has 0 heterocycles. The molecule has 0 aliphatic rings. The van der Waals surface area contributed by atoms with Crippen LogP contribution in [0.1, 0.15) is 42.7 Å². The van der Waals surface area contributed by atoms with Gasteiger partial charge in [0.05, 0.1) is 19.8 Å². The number of carbonyl (C=O) groups is 1. The highest BCUT2D eigenvalue weighted by Gasteiger charge is 2.14. The van der Waals surface area contributed by atoms with Crippen molar-refractivity contribution in [3.05, 3.63) is 53.6 Å². The van der Waals surface area contributed by atoms with E-state index in [0.29, 0.717) is 35.3 Å². The van der Waals surface area contributed by atoms with Gasteiger partial charge in [-0.3, -0.25) is 4.79 Å². The zero-order chi connectivity index (χ0) is 18.4. The van der Waals surface area contributed by atoms with E-state index >= 15 is 0 Å². The van der Waals surface area contributed by atoms with Gasteiger partial charge in [0.15, 0.2) is 11.5 Å². The van der Waals surface area contributed by atoms with Crippen LogP contribution in [0.4, 0.5) is 5.69 Å². The first-order valence-corrected chi connectivity index (χ1v) is 8.38. The molecule has 0 fully saturated rings. The first-order chi connectivity index (χ1) is 11.9. The summed E-state index contributed by atoms with van der Waals surface area (Å²) >= 11 is 0. The summed E-state index contributed by atoms with van der Waals surface area (Å²) in [6.07, 6.45) is 0. The van der Waals surface area contributed by atoms with Gasteiger partial charge in [0.2, 0.25) is 0 Å². The Morgan fingerprint density at radius 2 is 1.76 bits per heavy atom. The Bertz CT molecular complexity index is 711. The van der Waals surface area contributed by atoms with Gasteiger partial charge in [-0.2, -0.15) is 0 Å². The van der Waals surface area contributed by atoms with Gasteiger partial charge >= 0.3 is 0 Å². The highest BCUT2D eigenvalue weighted by Crippen LogP contribution is 2.30. The maximum Gasteiger partial charge on any atom is 0.251 e. The van der Waals surface area contributed by atoms with Crippen molar-refractivity contribution in [1.29, 1.82) is 0 Å². The minimum absolute atomic E-state index is 0.147. The summed E-state index contributed by atoms with van der Waals surface area (Å²) in [5.41, 5.74) is 7.80. The van der Waals surface area contributed by atoms with Crippen LogP contribution >= 0.6 is 0 Å². The minimum Gasteiger partial charge on any atom is -0.493 e. The Labute approximate surface area is 149 Å². The van der Waals surface area contributed by atoms with E-state index in [-0.39, 0.29) is 11.9 Å². The van der Waals surface area contributed by atoms with Gasteiger partial charge in [-0.05, 0) is 54.8 Å². The Morgan fingerprint density at radius 3 is 2.36 bits per heavy atom. The molecule has 1 amide bonds. The molecule has 0 radical (unpaired) electrons. The van der Waals surface area contributed by atoms with E-state index in [1.54, 1.807) is 31.4 Å². The number of carbonyl (C=O) groups excluding carboxylic acids is 1. The van der Waals surface area contributed by atoms with E-state index in [2.05, 4.69) is 19.2 Å². The van der Waals surface area contributed by atoms with Crippen LogP contribution in [-0.4, -0.2) is 19.6 Å². The zero-order valence-corrected chi connectivity index (χ0v) is 15.2. The molecule has 0 bridgehead atoms. The SMILES string of the molecule is COc1cc(C(C)NC(=O)c2ccc(N)cc2)ccc1OCC(C)C. The number of hydrogen-bond donors (Lipinski definition) is 2. The summed E-state index contributed by atoms with van der Waals surface area (Å²) in [5.74, 6) is 1.65. The highest BCUT2D eigenvalue weighted by atomic mass is 16.5. The van der Waals surface area contributed by atoms with E-state index in [0.717, 1.165) is 5.56 Å². The monoisotopic (exact) mass is 342 g/mol. The maximum absolute atomic E-state index is 12.3. The summed E-state index contributed by atoms with van der Waals surface area (Å²) in [4.78, 5) is 12.3. The van der Waals surface area contributed by atoms with Crippen molar-refractivity contribution >= 4 is 11.6 Å². The summed E-state index contributed by atoms with van der Waals surface area (Å²) in [6, 6.07) is 12.4. The molecule has 134 valence electrons. The summed E-state index contributed by atoms with van der Waals surface area (Å²) in [5, 5.41) is 2.98. The molecule has 2 aromatic carbocycles. The van der Waals surface area contributed by atoms with Crippen molar-refractivity contribution < 1.29 is 14.3 Å². The van der Waals surface area contributed by atoms with Gasteiger partial charge in [0.1, 0.15) is 0 Å². The van der Waals surface area contributed by atoms with Crippen molar-refractivity contribution in [3.63, 3.8) is 0 Å². The first kappa shape index (κ1) is 18.6. The summed E-state index contributed by atoms with van der Waals surface area (Å²) in [6.45, 7) is 6.74. The van der Waals surface area contributed by atoms with Crippen molar-refractivity contribution in [2.45, 2.75) is 26.8 Å². The van der Waals surface area contributed by atoms with Crippen LogP contribution < -0.4 is 20.5 Å². The average molecular weight is 342 g/mol. The van der Waals surface area contributed by atoms with Gasteiger partial charge < -0.3 is 20.5 Å². The summed E-state index contributed by atoms with van der Waals surface area (Å²) in [7, 11) is 1.61. The second kappa shape index (κ2) is 8.42. The van der Waals surface area contributed by atoms with Crippen LogP contribution in [0.15, 0.2) is 42.5 Å². The Balaban J connectivity index is 2.09. The van der Waals surface area contributed by atoms with Crippen molar-refractivity contribution in [2.24, 2.45) is 5.92 Å². The molecule has 0 saturated carbocycles. The maximum atomic E-state index is 12.3. The van der Waals surface area contributed by atoms with E-state index in [4.69, 9.17) is 15.2 Å². The number of rotatable bonds is 7. The van der Waals surface area contributed by atoms with Crippen LogP contribution in [0.3, 0.4) is 0 Å². The van der Waals surface area contributed by atoms with E-state index in [1.165, 1.54) is 0 Å². The molecule has 0 aliphatic carbocycles. The molecule has 2 aromatic rings. The van der Waals surface area contributed by atoms with Gasteiger partial charge in [-0.25, -0.2) is 0 Å². The van der Waals surface area contributed by atoms with Gasteiger partial charge in [0.25, 0.3) is 5.91 Å². The Hall–Kier alpha value is -2.69. The van der Waals surface area contributed by atoms with Gasteiger partial charge in [-0.15, -0.1) is 0 Å². The highest BCUT2D eigenvalue weighted by molar-refractivity contribution is 5.94. The van der Waals surface area contributed by atoms with E-state index in [9.17, 15) is 4.79 Å². The predicted octanol–water partition coefficient (Wildman–Crippen LogP) is 3.80. The quantitative estimate of drug-likeness (QED) is 0.751. The number of benzene rings is 2. The molecule has 1 unspecified atom stereocenters. The number of nitrogen functional groups attached to an aromatic ring is 1. The molecule has 2 rings (SSSR count). The lowest BCUT2D eigenvalue weighted by atomic mass is 10.1. The van der Waals surface area contributed by atoms with Crippen LogP contribution in [-0.2, 0) is 0 Å². The topological polar surface area (TPSA) is 73.6 Å². The lowest BCUT2D eigenvalue weighted by Crippen LogP contribution is -2.26. The standard InChI is InChI=1S/C20H26N2O3/c1-13(2)12-25-18-10-7-16(11-19(18)24-4)14(3)22-20(23)15-5-8-17(21)9-6-15/h5-11,13-14H,12,21H2,1-4H3,(H,22,23). The van der Waals surface area contributed by atoms with Crippen LogP contribution in [0.25, 0.3) is 0 Å². The molecule has 0 aliphatic heterocycles. The molecular weight excluding hydrogens is 316 g/mol. The fourth-order valence-corrected chi connectivity index (χ4v) is 2.33. The third-order valence-electron chi connectivity index (χ3n) is 3.78. The van der Waals surface area contributed by atoms with Crippen molar-refractivity contribution in [2.75, 3.05) is 19.5 Å². The first-order valence-electron chi connectivity index (χ1n) is 8.38. The third kappa shape index (κ3) is 5.14. The lowest BCUT2D eigenvalue weighted by Gasteiger charge is -2.18. The van der Waals surface area contributed by atoms with Gasteiger partial charge in [-0.1, -0.05) is 19.9 Å². The van der Waals surface area contributed by atoms with Gasteiger partial charge in [0, 0.05) is 11.3 Å². The fourth-order valence-electron chi connectivity index (χ4n) is 2.33. The lowest BCUT2D eigenvalue weighted by molar-refractivity contribution is 0.0940. The predicted molar refractivity (Wildman–Crippen MR) is 100 cm³/mol. The molecular formula is C20H26N2O3. The van der Waals surface area contributed by atoms with Crippen molar-refractivity contribution in [3.8, 4) is 11.5 Å². The Kier molecular flexibility index (Phi) is 6.28. The van der Waals surface area contributed by atoms with E-state index in [1.807, 2.05) is 25.1 Å². The molecule has 5 nitrogen and oxygen atoms in total. The third-order valence-corrected chi connectivity index (χ3v) is 3.78. The molecule has 25 heavy (non-hydrogen) atoms. The minimum atomic E-state index is -0.168. The van der Waals surface area contributed by atoms with Crippen LogP contribution in [0.2, 0.25) is 0 Å². The normalized spacial score (nSPS) is 11.9. The zero-order valence-electron chi connectivity index (χ0n) is 15.2. The molecule has 5 heteroatoms. The summed E-state index contributed by atoms with van der Waals surface area (Å²) < 4.78 is 11.2. The number of nitrogens with one attached hydrogen (secondary N) is 1. The second-order valence-corrected chi connectivity index (χ2v) is 6.43. The Morgan fingerprint density at radius 1 is 1.08 bits per heavy atom. The second-order valence-electron chi connectivity index (χ2n) is 6.43. The molecule has 0 spiro atoms. The molecule has 0 saturated heterocycles. The van der Waals surface area contributed by atoms with Crippen LogP contribution in [0, 0.1) is 5.92 Å². The number of methoxy groups -OCH3 is 1. The number of nitrogens with two attached hydrogens (primary N) is 1. The average Bonchev–Trinajstić information content (AvgIpc) is 2.60. The van der Waals surface area contributed by atoms with E-state index < -0.39 is 0 Å². The number of anilines is 1. The fraction of sp³-hybridized carbons (Fsp3) is 0.350. The smallest absolute Gasteiger partial charge is 0.251 e. The largest absolute Gasteiger partial charge is 0.493 e. The molecule has 0 aromatic heterocycles.